The van der Waals surface area contributed by atoms with Crippen LogP contribution in [0.2, 0.25) is 0 Å². The van der Waals surface area contributed by atoms with Crippen LogP contribution in [0, 0.1) is 0 Å². The molecule has 4 heteroatoms. The van der Waals surface area contributed by atoms with Crippen LogP contribution < -0.4 is 11.1 Å². The molecule has 0 fully saturated rings. The number of para-hydroxylation sites is 1. The predicted molar refractivity (Wildman–Crippen MR) is 93.8 cm³/mol. The number of aryl methyl sites for hydroxylation is 2. The molecule has 0 aliphatic heterocycles. The molecule has 2 rings (SSSR count). The van der Waals surface area contributed by atoms with Gasteiger partial charge < -0.3 is 11.1 Å². The molecule has 0 heterocycles. The van der Waals surface area contributed by atoms with Gasteiger partial charge in [-0.05, 0) is 42.2 Å². The van der Waals surface area contributed by atoms with Crippen molar-refractivity contribution < 1.29 is 0 Å². The van der Waals surface area contributed by atoms with Gasteiger partial charge in [-0.15, -0.1) is 12.4 Å². The van der Waals surface area contributed by atoms with E-state index in [9.17, 15) is 0 Å². The summed E-state index contributed by atoms with van der Waals surface area (Å²) in [6.07, 6.45) is 1.95. The van der Waals surface area contributed by atoms with Crippen molar-refractivity contribution in [2.24, 2.45) is 10.7 Å². The van der Waals surface area contributed by atoms with Gasteiger partial charge in [-0.3, -0.25) is 0 Å². The molecule has 0 unspecified atom stereocenters. The van der Waals surface area contributed by atoms with E-state index in [1.54, 1.807) is 0 Å². The van der Waals surface area contributed by atoms with Crippen molar-refractivity contribution in [1.29, 1.82) is 0 Å². The highest BCUT2D eigenvalue weighted by atomic mass is 35.5. The van der Waals surface area contributed by atoms with Crippen LogP contribution in [-0.4, -0.2) is 5.96 Å². The molecule has 0 saturated heterocycles. The number of nitrogens with zero attached hydrogens (tertiary/aromatic N) is 1. The largest absolute Gasteiger partial charge is 0.369 e. The van der Waals surface area contributed by atoms with Gasteiger partial charge in [-0.2, -0.15) is 0 Å². The summed E-state index contributed by atoms with van der Waals surface area (Å²) in [5, 5.41) is 3.14. The summed E-state index contributed by atoms with van der Waals surface area (Å²) in [7, 11) is 0. The van der Waals surface area contributed by atoms with Gasteiger partial charge in [0.2, 0.25) is 0 Å². The van der Waals surface area contributed by atoms with Crippen LogP contribution in [0.5, 0.6) is 0 Å². The van der Waals surface area contributed by atoms with E-state index in [1.165, 1.54) is 11.1 Å². The van der Waals surface area contributed by atoms with Crippen LogP contribution >= 0.6 is 12.4 Å². The Morgan fingerprint density at radius 3 is 2.52 bits per heavy atom. The van der Waals surface area contributed by atoms with E-state index in [4.69, 9.17) is 5.73 Å². The van der Waals surface area contributed by atoms with Crippen LogP contribution in [0.3, 0.4) is 0 Å². The van der Waals surface area contributed by atoms with Crippen molar-refractivity contribution in [1.82, 2.24) is 0 Å². The molecule has 0 spiro atoms. The Morgan fingerprint density at radius 2 is 1.81 bits per heavy atom. The number of nitrogens with one attached hydrogen (secondary N) is 1. The number of rotatable bonds is 4. The van der Waals surface area contributed by atoms with E-state index in [0.29, 0.717) is 5.96 Å². The number of anilines is 1. The van der Waals surface area contributed by atoms with Gasteiger partial charge in [-0.1, -0.05) is 44.2 Å². The molecule has 2 aromatic carbocycles. The van der Waals surface area contributed by atoms with Crippen molar-refractivity contribution in [3.8, 4) is 0 Å². The lowest BCUT2D eigenvalue weighted by molar-refractivity contribution is 1.13. The molecule has 0 aliphatic rings. The van der Waals surface area contributed by atoms with Crippen molar-refractivity contribution in [2.45, 2.75) is 26.7 Å². The van der Waals surface area contributed by atoms with E-state index in [0.717, 1.165) is 24.2 Å². The first-order valence-corrected chi connectivity index (χ1v) is 7.01. The lowest BCUT2D eigenvalue weighted by atomic mass is 10.1. The molecule has 21 heavy (non-hydrogen) atoms. The molecule has 0 aliphatic carbocycles. The first-order chi connectivity index (χ1) is 9.72. The first kappa shape index (κ1) is 17.1. The maximum Gasteiger partial charge on any atom is 0.198 e. The Balaban J connectivity index is 0.00000220. The standard InChI is InChI=1S/C17H21N3.ClH/c1-3-13-8-7-10-15(12-13)19-17(18)20-16-11-6-5-9-14(16)4-2;/h5-12H,3-4H2,1-2H3,(H3,18,19,20);1H. The fourth-order valence-corrected chi connectivity index (χ4v) is 2.09. The van der Waals surface area contributed by atoms with E-state index in [-0.39, 0.29) is 12.4 Å². The molecule has 0 atom stereocenters. The van der Waals surface area contributed by atoms with Gasteiger partial charge in [0.05, 0.1) is 5.69 Å². The zero-order chi connectivity index (χ0) is 14.4. The Hall–Kier alpha value is -2.00. The first-order valence-electron chi connectivity index (χ1n) is 7.01. The molecular weight excluding hydrogens is 282 g/mol. The zero-order valence-corrected chi connectivity index (χ0v) is 13.3. The summed E-state index contributed by atoms with van der Waals surface area (Å²) >= 11 is 0. The molecular formula is C17H22ClN3. The number of benzene rings is 2. The minimum atomic E-state index is 0. The third-order valence-electron chi connectivity index (χ3n) is 3.22. The summed E-state index contributed by atoms with van der Waals surface area (Å²) < 4.78 is 0. The van der Waals surface area contributed by atoms with E-state index in [1.807, 2.05) is 30.3 Å². The van der Waals surface area contributed by atoms with Crippen LogP contribution in [0.4, 0.5) is 11.4 Å². The second kappa shape index (κ2) is 8.32. The van der Waals surface area contributed by atoms with Gasteiger partial charge in [0.25, 0.3) is 0 Å². The lowest BCUT2D eigenvalue weighted by Crippen LogP contribution is -2.22. The Labute approximate surface area is 132 Å². The monoisotopic (exact) mass is 303 g/mol. The highest BCUT2D eigenvalue weighted by Crippen LogP contribution is 2.19. The molecule has 0 amide bonds. The third-order valence-corrected chi connectivity index (χ3v) is 3.22. The maximum absolute atomic E-state index is 5.99. The molecule has 3 N–H and O–H groups in total. The SMILES string of the molecule is CCc1cccc(NC(N)=Nc2ccccc2CC)c1.Cl. The fourth-order valence-electron chi connectivity index (χ4n) is 2.09. The quantitative estimate of drug-likeness (QED) is 0.654. The van der Waals surface area contributed by atoms with Crippen molar-refractivity contribution in [2.75, 3.05) is 5.32 Å². The van der Waals surface area contributed by atoms with Crippen LogP contribution in [0.1, 0.15) is 25.0 Å². The second-order valence-electron chi connectivity index (χ2n) is 4.66. The predicted octanol–water partition coefficient (Wildman–Crippen LogP) is 4.29. The molecule has 112 valence electrons. The average molecular weight is 304 g/mol. The fraction of sp³-hybridized carbons (Fsp3) is 0.235. The Morgan fingerprint density at radius 1 is 1.05 bits per heavy atom. The Bertz CT molecular complexity index is 608. The minimum absolute atomic E-state index is 0. The highest BCUT2D eigenvalue weighted by Gasteiger charge is 2.00. The number of guanidine groups is 1. The number of nitrogens with two attached hydrogens (primary N) is 1. The summed E-state index contributed by atoms with van der Waals surface area (Å²) in [5.41, 5.74) is 10.4. The van der Waals surface area contributed by atoms with E-state index >= 15 is 0 Å². The molecule has 0 aromatic heterocycles. The summed E-state index contributed by atoms with van der Waals surface area (Å²) in [6.45, 7) is 4.25. The molecule has 0 bridgehead atoms. The smallest absolute Gasteiger partial charge is 0.198 e. The number of aliphatic imine (C=N–C) groups is 1. The summed E-state index contributed by atoms with van der Waals surface area (Å²) in [6, 6.07) is 16.3. The maximum atomic E-state index is 5.99. The summed E-state index contributed by atoms with van der Waals surface area (Å²) in [5.74, 6) is 0.416. The topological polar surface area (TPSA) is 50.4 Å². The lowest BCUT2D eigenvalue weighted by Gasteiger charge is -2.08. The van der Waals surface area contributed by atoms with Crippen LogP contribution in [0.15, 0.2) is 53.5 Å². The molecule has 2 aromatic rings. The van der Waals surface area contributed by atoms with E-state index in [2.05, 4.69) is 42.4 Å². The average Bonchev–Trinajstić information content (AvgIpc) is 2.48. The number of halogens is 1. The summed E-state index contributed by atoms with van der Waals surface area (Å²) in [4.78, 5) is 4.46. The molecule has 3 nitrogen and oxygen atoms in total. The third kappa shape index (κ3) is 4.80. The molecule has 0 radical (unpaired) electrons. The van der Waals surface area contributed by atoms with Gasteiger partial charge >= 0.3 is 0 Å². The molecule has 0 saturated carbocycles. The van der Waals surface area contributed by atoms with E-state index < -0.39 is 0 Å². The number of hydrogen-bond donors (Lipinski definition) is 2. The minimum Gasteiger partial charge on any atom is -0.369 e. The van der Waals surface area contributed by atoms with Gasteiger partial charge in [0.15, 0.2) is 5.96 Å². The van der Waals surface area contributed by atoms with Gasteiger partial charge in [-0.25, -0.2) is 4.99 Å². The highest BCUT2D eigenvalue weighted by molar-refractivity contribution is 5.94. The number of hydrogen-bond acceptors (Lipinski definition) is 1. The second-order valence-corrected chi connectivity index (χ2v) is 4.66. The normalized spacial score (nSPS) is 10.9. The van der Waals surface area contributed by atoms with Crippen molar-refractivity contribution >= 4 is 29.7 Å². The van der Waals surface area contributed by atoms with Gasteiger partial charge in [0.1, 0.15) is 0 Å². The van der Waals surface area contributed by atoms with Crippen LogP contribution in [-0.2, 0) is 12.8 Å². The Kier molecular flexibility index (Phi) is 6.76. The van der Waals surface area contributed by atoms with Crippen LogP contribution in [0.25, 0.3) is 0 Å². The zero-order valence-electron chi connectivity index (χ0n) is 12.5. The van der Waals surface area contributed by atoms with Crippen molar-refractivity contribution in [3.05, 3.63) is 59.7 Å². The van der Waals surface area contributed by atoms with Gasteiger partial charge in [0, 0.05) is 5.69 Å². The van der Waals surface area contributed by atoms with Crippen molar-refractivity contribution in [3.63, 3.8) is 0 Å².